The van der Waals surface area contributed by atoms with E-state index in [9.17, 15) is 14.9 Å². The van der Waals surface area contributed by atoms with Crippen LogP contribution in [0.15, 0.2) is 77.6 Å². The summed E-state index contributed by atoms with van der Waals surface area (Å²) in [6.07, 6.45) is 0. The highest BCUT2D eigenvalue weighted by Crippen LogP contribution is 2.22. The van der Waals surface area contributed by atoms with Gasteiger partial charge in [0, 0.05) is 56.1 Å². The summed E-state index contributed by atoms with van der Waals surface area (Å²) in [5.74, 6) is 0.571. The highest BCUT2D eigenvalue weighted by molar-refractivity contribution is 5.79. The van der Waals surface area contributed by atoms with Gasteiger partial charge in [-0.25, -0.2) is 4.98 Å². The molecule has 1 aliphatic heterocycles. The molecule has 8 heteroatoms. The van der Waals surface area contributed by atoms with Crippen LogP contribution in [0.3, 0.4) is 0 Å². The first-order chi connectivity index (χ1) is 16.1. The number of aromatic nitrogens is 2. The molecular weight excluding hydrogens is 418 g/mol. The highest BCUT2D eigenvalue weighted by atomic mass is 16.6. The molecule has 5 rings (SSSR count). The van der Waals surface area contributed by atoms with E-state index >= 15 is 0 Å². The van der Waals surface area contributed by atoms with Crippen LogP contribution in [0, 0.1) is 10.1 Å². The van der Waals surface area contributed by atoms with Gasteiger partial charge in [0.2, 0.25) is 0 Å². The minimum Gasteiger partial charge on any atom is -0.369 e. The van der Waals surface area contributed by atoms with E-state index in [1.165, 1.54) is 5.56 Å². The number of benzene rings is 3. The lowest BCUT2D eigenvalue weighted by atomic mass is 10.1. The number of H-pyrrole nitrogens is 1. The molecule has 0 aliphatic carbocycles. The number of piperazine rings is 1. The number of nitro groups is 1. The van der Waals surface area contributed by atoms with Crippen LogP contribution in [-0.4, -0.2) is 46.0 Å². The van der Waals surface area contributed by atoms with E-state index in [0.29, 0.717) is 16.7 Å². The first-order valence-corrected chi connectivity index (χ1v) is 10.9. The van der Waals surface area contributed by atoms with Crippen molar-refractivity contribution in [3.05, 3.63) is 98.8 Å². The van der Waals surface area contributed by atoms with Gasteiger partial charge in [-0.15, -0.1) is 0 Å². The Labute approximate surface area is 190 Å². The van der Waals surface area contributed by atoms with Gasteiger partial charge in [-0.2, -0.15) is 0 Å². The van der Waals surface area contributed by atoms with Gasteiger partial charge in [-0.05, 0) is 29.8 Å². The molecule has 3 aromatic carbocycles. The molecule has 8 nitrogen and oxygen atoms in total. The molecule has 0 atom stereocenters. The van der Waals surface area contributed by atoms with Crippen LogP contribution < -0.4 is 10.5 Å². The second-order valence-corrected chi connectivity index (χ2v) is 8.17. The van der Waals surface area contributed by atoms with Gasteiger partial charge in [0.15, 0.2) is 0 Å². The van der Waals surface area contributed by atoms with Gasteiger partial charge >= 0.3 is 0 Å². The van der Waals surface area contributed by atoms with Gasteiger partial charge in [-0.3, -0.25) is 19.8 Å². The third kappa shape index (κ3) is 4.47. The Hall–Kier alpha value is -4.04. The molecule has 1 saturated heterocycles. The Morgan fingerprint density at radius 2 is 1.61 bits per heavy atom. The normalized spacial score (nSPS) is 14.5. The first-order valence-electron chi connectivity index (χ1n) is 10.9. The predicted octanol–water partition coefficient (Wildman–Crippen LogP) is 3.82. The molecule has 166 valence electrons. The van der Waals surface area contributed by atoms with Crippen molar-refractivity contribution in [2.45, 2.75) is 6.54 Å². The predicted molar refractivity (Wildman–Crippen MR) is 128 cm³/mol. The summed E-state index contributed by atoms with van der Waals surface area (Å²) in [6.45, 7) is 4.42. The number of anilines is 1. The molecule has 4 aromatic rings. The van der Waals surface area contributed by atoms with Crippen molar-refractivity contribution in [2.75, 3.05) is 31.1 Å². The number of aromatic amines is 1. The van der Waals surface area contributed by atoms with Crippen molar-refractivity contribution in [2.24, 2.45) is 0 Å². The molecule has 0 saturated carbocycles. The smallest absolute Gasteiger partial charge is 0.269 e. The van der Waals surface area contributed by atoms with Crippen LogP contribution in [0.5, 0.6) is 0 Å². The zero-order chi connectivity index (χ0) is 22.8. The quantitative estimate of drug-likeness (QED) is 0.374. The molecule has 0 amide bonds. The SMILES string of the molecule is O=c1[nH]c(-c2ccc(CN3CCN(c4ccc([N+](=O)[O-])cc4)CC3)cc2)nc2ccccc12. The summed E-state index contributed by atoms with van der Waals surface area (Å²) in [6, 6.07) is 22.2. The molecule has 0 bridgehead atoms. The van der Waals surface area contributed by atoms with Crippen LogP contribution in [-0.2, 0) is 6.54 Å². The Kier molecular flexibility index (Phi) is 5.58. The molecule has 33 heavy (non-hydrogen) atoms. The summed E-state index contributed by atoms with van der Waals surface area (Å²) in [7, 11) is 0. The van der Waals surface area contributed by atoms with Gasteiger partial charge in [0.1, 0.15) is 5.82 Å². The Morgan fingerprint density at radius 1 is 0.909 bits per heavy atom. The topological polar surface area (TPSA) is 95.4 Å². The first kappa shape index (κ1) is 20.8. The number of para-hydroxylation sites is 1. The van der Waals surface area contributed by atoms with Crippen molar-refractivity contribution in [1.82, 2.24) is 14.9 Å². The summed E-state index contributed by atoms with van der Waals surface area (Å²) in [4.78, 5) is 34.9. The molecule has 0 unspecified atom stereocenters. The maximum Gasteiger partial charge on any atom is 0.269 e. The van der Waals surface area contributed by atoms with Crippen molar-refractivity contribution in [3.8, 4) is 11.4 Å². The Bertz CT molecular complexity index is 1340. The van der Waals surface area contributed by atoms with E-state index in [0.717, 1.165) is 44.0 Å². The molecule has 1 fully saturated rings. The minimum absolute atomic E-state index is 0.115. The Morgan fingerprint density at radius 3 is 2.30 bits per heavy atom. The van der Waals surface area contributed by atoms with Crippen molar-refractivity contribution in [1.29, 1.82) is 0 Å². The zero-order valence-electron chi connectivity index (χ0n) is 18.0. The Balaban J connectivity index is 1.22. The number of rotatable bonds is 5. The third-order valence-electron chi connectivity index (χ3n) is 6.04. The molecule has 1 N–H and O–H groups in total. The number of nitrogens with zero attached hydrogens (tertiary/aromatic N) is 4. The minimum atomic E-state index is -0.374. The van der Waals surface area contributed by atoms with Crippen LogP contribution in [0.4, 0.5) is 11.4 Å². The maximum atomic E-state index is 12.3. The average Bonchev–Trinajstić information content (AvgIpc) is 2.85. The van der Waals surface area contributed by atoms with E-state index in [1.807, 2.05) is 42.5 Å². The lowest BCUT2D eigenvalue weighted by Crippen LogP contribution is -2.45. The third-order valence-corrected chi connectivity index (χ3v) is 6.04. The van der Waals surface area contributed by atoms with Crippen LogP contribution in [0.2, 0.25) is 0 Å². The standard InChI is InChI=1S/C25H23N5O3/c31-25-22-3-1-2-4-23(22)26-24(27-25)19-7-5-18(6-8-19)17-28-13-15-29(16-14-28)20-9-11-21(12-10-20)30(32)33/h1-12H,13-17H2,(H,26,27,31). The van der Waals surface area contributed by atoms with Crippen LogP contribution >= 0.6 is 0 Å². The van der Waals surface area contributed by atoms with E-state index in [2.05, 4.69) is 31.9 Å². The molecule has 2 heterocycles. The van der Waals surface area contributed by atoms with E-state index in [4.69, 9.17) is 0 Å². The number of fused-ring (bicyclic) bond motifs is 1. The number of nitro benzene ring substituents is 1. The monoisotopic (exact) mass is 441 g/mol. The van der Waals surface area contributed by atoms with Crippen molar-refractivity contribution in [3.63, 3.8) is 0 Å². The van der Waals surface area contributed by atoms with Gasteiger partial charge in [-0.1, -0.05) is 36.4 Å². The van der Waals surface area contributed by atoms with Crippen LogP contribution in [0.1, 0.15) is 5.56 Å². The summed E-state index contributed by atoms with van der Waals surface area (Å²) in [5.41, 5.74) is 3.76. The summed E-state index contributed by atoms with van der Waals surface area (Å²) in [5, 5.41) is 11.4. The zero-order valence-corrected chi connectivity index (χ0v) is 18.0. The number of hydrogen-bond acceptors (Lipinski definition) is 6. The second kappa shape index (κ2) is 8.84. The van der Waals surface area contributed by atoms with E-state index in [1.54, 1.807) is 18.2 Å². The average molecular weight is 441 g/mol. The summed E-state index contributed by atoms with van der Waals surface area (Å²) < 4.78 is 0. The maximum absolute atomic E-state index is 12.3. The largest absolute Gasteiger partial charge is 0.369 e. The van der Waals surface area contributed by atoms with E-state index < -0.39 is 0 Å². The van der Waals surface area contributed by atoms with Crippen molar-refractivity contribution >= 4 is 22.3 Å². The number of non-ortho nitro benzene ring substituents is 1. The van der Waals surface area contributed by atoms with Crippen molar-refractivity contribution < 1.29 is 4.92 Å². The van der Waals surface area contributed by atoms with Crippen LogP contribution in [0.25, 0.3) is 22.3 Å². The fourth-order valence-electron chi connectivity index (χ4n) is 4.20. The van der Waals surface area contributed by atoms with E-state index in [-0.39, 0.29) is 16.2 Å². The molecular formula is C25H23N5O3. The highest BCUT2D eigenvalue weighted by Gasteiger charge is 2.18. The molecule has 0 spiro atoms. The lowest BCUT2D eigenvalue weighted by Gasteiger charge is -2.36. The second-order valence-electron chi connectivity index (χ2n) is 8.17. The lowest BCUT2D eigenvalue weighted by molar-refractivity contribution is -0.384. The molecule has 1 aliphatic rings. The summed E-state index contributed by atoms with van der Waals surface area (Å²) >= 11 is 0. The van der Waals surface area contributed by atoms with Gasteiger partial charge in [0.25, 0.3) is 11.2 Å². The number of nitrogens with one attached hydrogen (secondary N) is 1. The fraction of sp³-hybridized carbons (Fsp3) is 0.200. The molecule has 1 aromatic heterocycles. The number of hydrogen-bond donors (Lipinski definition) is 1. The van der Waals surface area contributed by atoms with Gasteiger partial charge < -0.3 is 9.88 Å². The fourth-order valence-corrected chi connectivity index (χ4v) is 4.20. The molecule has 0 radical (unpaired) electrons. The van der Waals surface area contributed by atoms with Gasteiger partial charge in [0.05, 0.1) is 15.8 Å².